The highest BCUT2D eigenvalue weighted by Crippen LogP contribution is 2.64. The lowest BCUT2D eigenvalue weighted by Gasteiger charge is -2.37. The van der Waals surface area contributed by atoms with Crippen molar-refractivity contribution in [1.82, 2.24) is 9.34 Å². The van der Waals surface area contributed by atoms with Gasteiger partial charge in [0.05, 0.1) is 6.61 Å². The van der Waals surface area contributed by atoms with Crippen LogP contribution in [0.5, 0.6) is 0 Å². The molecule has 1 heterocycles. The van der Waals surface area contributed by atoms with E-state index >= 15 is 0 Å². The van der Waals surface area contributed by atoms with Gasteiger partial charge in [-0.15, -0.1) is 0 Å². The Hall–Kier alpha value is -1.25. The highest BCUT2D eigenvalue weighted by molar-refractivity contribution is 7.47. The Labute approximate surface area is 209 Å². The highest BCUT2D eigenvalue weighted by atomic mass is 31.2. The van der Waals surface area contributed by atoms with Crippen LogP contribution in [0.4, 0.5) is 0 Å². The summed E-state index contributed by atoms with van der Waals surface area (Å²) in [5.41, 5.74) is 2.82. The minimum Gasteiger partial charge on any atom is -0.331 e. The first-order chi connectivity index (χ1) is 16.7. The topological polar surface area (TPSA) is 15.7 Å². The van der Waals surface area contributed by atoms with Crippen LogP contribution in [-0.4, -0.2) is 28.0 Å². The van der Waals surface area contributed by atoms with Gasteiger partial charge in [-0.2, -0.15) is 0 Å². The Morgan fingerprint density at radius 1 is 0.824 bits per heavy atom. The third-order valence-corrected chi connectivity index (χ3v) is 10.6. The minimum atomic E-state index is -0.835. The van der Waals surface area contributed by atoms with E-state index in [0.29, 0.717) is 30.1 Å². The smallest absolute Gasteiger partial charge is 0.189 e. The summed E-state index contributed by atoms with van der Waals surface area (Å²) in [5, 5.41) is 0. The maximum atomic E-state index is 7.07. The zero-order valence-corrected chi connectivity index (χ0v) is 22.7. The fourth-order valence-corrected chi connectivity index (χ4v) is 8.68. The Morgan fingerprint density at radius 3 is 1.76 bits per heavy atom. The van der Waals surface area contributed by atoms with E-state index in [-0.39, 0.29) is 0 Å². The van der Waals surface area contributed by atoms with Crippen LogP contribution in [-0.2, 0) is 4.52 Å². The van der Waals surface area contributed by atoms with Gasteiger partial charge in [-0.1, -0.05) is 107 Å². The van der Waals surface area contributed by atoms with Gasteiger partial charge in [0, 0.05) is 24.2 Å². The highest BCUT2D eigenvalue weighted by Gasteiger charge is 2.52. The minimum absolute atomic E-state index is 0.363. The number of unbranched alkanes of at least 4 members (excludes halogenated alkanes) is 1. The summed E-state index contributed by atoms with van der Waals surface area (Å²) in [6, 6.07) is 24.1. The molecule has 0 bridgehead atoms. The molecule has 4 rings (SSSR count). The summed E-state index contributed by atoms with van der Waals surface area (Å²) < 4.78 is 12.7. The quantitative estimate of drug-likeness (QED) is 0.299. The second-order valence-corrected chi connectivity index (χ2v) is 12.0. The van der Waals surface area contributed by atoms with Crippen molar-refractivity contribution in [2.75, 3.05) is 6.61 Å². The molecular formula is C30H45N2OP. The molecule has 1 saturated carbocycles. The largest absolute Gasteiger partial charge is 0.331 e. The lowest BCUT2D eigenvalue weighted by molar-refractivity contribution is 0.166. The first kappa shape index (κ1) is 25.8. The average Bonchev–Trinajstić information content (AvgIpc) is 3.23. The van der Waals surface area contributed by atoms with Gasteiger partial charge in [0.25, 0.3) is 0 Å². The van der Waals surface area contributed by atoms with E-state index < -0.39 is 8.45 Å². The lowest BCUT2D eigenvalue weighted by atomic mass is 9.88. The molecule has 3 nitrogen and oxygen atoms in total. The summed E-state index contributed by atoms with van der Waals surface area (Å²) in [5.74, 6) is 0.660. The van der Waals surface area contributed by atoms with Crippen molar-refractivity contribution in [3.05, 3.63) is 71.8 Å². The normalized spacial score (nSPS) is 24.6. The van der Waals surface area contributed by atoms with Gasteiger partial charge < -0.3 is 4.52 Å². The molecular weight excluding hydrogens is 435 g/mol. The molecule has 1 aliphatic heterocycles. The summed E-state index contributed by atoms with van der Waals surface area (Å²) >= 11 is 0. The number of fused-ring (bicyclic) bond motifs is 1. The van der Waals surface area contributed by atoms with E-state index in [2.05, 4.69) is 97.7 Å². The van der Waals surface area contributed by atoms with Crippen LogP contribution in [0.2, 0.25) is 0 Å². The van der Waals surface area contributed by atoms with Crippen molar-refractivity contribution >= 4 is 8.45 Å². The Balaban J connectivity index is 1.67. The second-order valence-electron chi connectivity index (χ2n) is 10.3. The molecule has 2 aromatic carbocycles. The van der Waals surface area contributed by atoms with Crippen LogP contribution in [0, 0.1) is 5.92 Å². The van der Waals surface area contributed by atoms with Crippen LogP contribution in [0.3, 0.4) is 0 Å². The number of hydrogen-bond acceptors (Lipinski definition) is 3. The van der Waals surface area contributed by atoms with Crippen LogP contribution >= 0.6 is 8.45 Å². The van der Waals surface area contributed by atoms with Crippen LogP contribution < -0.4 is 0 Å². The van der Waals surface area contributed by atoms with Gasteiger partial charge in [-0.25, -0.2) is 9.34 Å². The molecule has 34 heavy (non-hydrogen) atoms. The van der Waals surface area contributed by atoms with Gasteiger partial charge in [-0.05, 0) is 50.2 Å². The van der Waals surface area contributed by atoms with Gasteiger partial charge >= 0.3 is 0 Å². The Bertz CT molecular complexity index is 786. The summed E-state index contributed by atoms with van der Waals surface area (Å²) in [7, 11) is -0.835. The molecule has 0 spiro atoms. The summed E-state index contributed by atoms with van der Waals surface area (Å²) in [6.07, 6.45) is 10.3. The van der Waals surface area contributed by atoms with Gasteiger partial charge in [0.1, 0.15) is 0 Å². The fraction of sp³-hybridized carbons (Fsp3) is 0.600. The zero-order chi connectivity index (χ0) is 23.9. The van der Waals surface area contributed by atoms with Crippen molar-refractivity contribution < 1.29 is 4.52 Å². The molecule has 2 aliphatic rings. The predicted molar refractivity (Wildman–Crippen MR) is 146 cm³/mol. The van der Waals surface area contributed by atoms with Crippen LogP contribution in [0.1, 0.15) is 102 Å². The van der Waals surface area contributed by atoms with E-state index in [4.69, 9.17) is 4.52 Å². The standard InChI is InChI=1S/C30H45N2OP/c1-5-7-16-26(6-2)23-33-34-31(24(3)27-17-10-8-11-18-27)29-21-14-15-22-30(29)32(34)25(4)28-19-12-9-13-20-28/h8-13,17-20,24-26,29-30H,5-7,14-16,21-23H2,1-4H3/t24-,25-,26?,29-,30-/m0/s1. The van der Waals surface area contributed by atoms with E-state index in [1.54, 1.807) is 0 Å². The Morgan fingerprint density at radius 2 is 1.32 bits per heavy atom. The molecule has 1 unspecified atom stereocenters. The lowest BCUT2D eigenvalue weighted by Crippen LogP contribution is -2.41. The van der Waals surface area contributed by atoms with Gasteiger partial charge in [0.15, 0.2) is 8.45 Å². The monoisotopic (exact) mass is 480 g/mol. The van der Waals surface area contributed by atoms with Crippen LogP contribution in [0.25, 0.3) is 0 Å². The average molecular weight is 481 g/mol. The zero-order valence-electron chi connectivity index (χ0n) is 21.8. The molecule has 5 atom stereocenters. The molecule has 2 fully saturated rings. The summed E-state index contributed by atoms with van der Waals surface area (Å²) in [6.45, 7) is 10.3. The molecule has 0 radical (unpaired) electrons. The molecule has 0 N–H and O–H groups in total. The first-order valence-electron chi connectivity index (χ1n) is 13.7. The number of nitrogens with zero attached hydrogens (tertiary/aromatic N) is 2. The maximum absolute atomic E-state index is 7.07. The maximum Gasteiger partial charge on any atom is 0.189 e. The molecule has 1 aliphatic carbocycles. The Kier molecular flexibility index (Phi) is 9.60. The third-order valence-electron chi connectivity index (χ3n) is 8.10. The second kappa shape index (κ2) is 12.6. The van der Waals surface area contributed by atoms with E-state index in [1.807, 2.05) is 0 Å². The van der Waals surface area contributed by atoms with Crippen LogP contribution in [0.15, 0.2) is 60.7 Å². The van der Waals surface area contributed by atoms with Crippen molar-refractivity contribution in [1.29, 1.82) is 0 Å². The predicted octanol–water partition coefficient (Wildman–Crippen LogP) is 8.90. The van der Waals surface area contributed by atoms with Gasteiger partial charge in [0.2, 0.25) is 0 Å². The van der Waals surface area contributed by atoms with Crippen molar-refractivity contribution in [2.45, 2.75) is 103 Å². The molecule has 4 heteroatoms. The number of hydrogen-bond donors (Lipinski definition) is 0. The molecule has 1 saturated heterocycles. The molecule has 0 amide bonds. The SMILES string of the molecule is CCCCC(CC)COP1N([C@@H](C)c2ccccc2)[C@H]2CCCC[C@@H]2N1[C@@H](C)c1ccccc1. The van der Waals surface area contributed by atoms with Crippen molar-refractivity contribution in [3.8, 4) is 0 Å². The summed E-state index contributed by atoms with van der Waals surface area (Å²) in [4.78, 5) is 0. The van der Waals surface area contributed by atoms with E-state index in [0.717, 1.165) is 6.61 Å². The van der Waals surface area contributed by atoms with Crippen molar-refractivity contribution in [3.63, 3.8) is 0 Å². The number of rotatable bonds is 11. The van der Waals surface area contributed by atoms with Crippen molar-refractivity contribution in [2.24, 2.45) is 5.92 Å². The van der Waals surface area contributed by atoms with Gasteiger partial charge in [-0.3, -0.25) is 0 Å². The van der Waals surface area contributed by atoms with E-state index in [1.165, 1.54) is 62.5 Å². The number of benzene rings is 2. The molecule has 186 valence electrons. The fourth-order valence-electron chi connectivity index (χ4n) is 5.92. The third kappa shape index (κ3) is 5.76. The molecule has 0 aromatic heterocycles. The first-order valence-corrected chi connectivity index (χ1v) is 14.9. The van der Waals surface area contributed by atoms with E-state index in [9.17, 15) is 0 Å². The molecule has 2 aromatic rings.